The minimum atomic E-state index is -0.226. The molecule has 2 atom stereocenters. The summed E-state index contributed by atoms with van der Waals surface area (Å²) < 4.78 is 14.6. The summed E-state index contributed by atoms with van der Waals surface area (Å²) in [6.07, 6.45) is 3.85. The second-order valence-electron chi connectivity index (χ2n) is 8.30. The molecule has 0 spiro atoms. The van der Waals surface area contributed by atoms with Crippen molar-refractivity contribution in [2.24, 2.45) is 0 Å². The molecule has 1 N–H and O–H groups in total. The molecule has 36 heavy (non-hydrogen) atoms. The van der Waals surface area contributed by atoms with Crippen molar-refractivity contribution in [1.29, 1.82) is 0 Å². The lowest BCUT2D eigenvalue weighted by molar-refractivity contribution is 0.402. The molecule has 1 fully saturated rings. The van der Waals surface area contributed by atoms with Gasteiger partial charge in [-0.3, -0.25) is 9.55 Å². The number of thiazole rings is 1. The number of nitrogens with zero attached hydrogens (tertiary/aromatic N) is 4. The van der Waals surface area contributed by atoms with Crippen LogP contribution in [-0.2, 0) is 0 Å². The molecule has 5 aromatic rings. The number of nitrogens with one attached hydrogen (secondary N) is 1. The molecule has 6 rings (SSSR count). The third kappa shape index (κ3) is 3.77. The van der Waals surface area contributed by atoms with Crippen LogP contribution in [0.2, 0.25) is 0 Å². The van der Waals surface area contributed by atoms with Crippen LogP contribution in [0.25, 0.3) is 15.3 Å². The van der Waals surface area contributed by atoms with E-state index in [9.17, 15) is 0 Å². The number of thiocarbonyl (C=S) groups is 1. The number of anilines is 1. The Morgan fingerprint density at radius 2 is 1.83 bits per heavy atom. The van der Waals surface area contributed by atoms with E-state index in [-0.39, 0.29) is 12.1 Å². The second kappa shape index (κ2) is 9.25. The maximum absolute atomic E-state index is 5.92. The van der Waals surface area contributed by atoms with Gasteiger partial charge in [0.1, 0.15) is 17.5 Å². The van der Waals surface area contributed by atoms with Crippen LogP contribution in [0.5, 0.6) is 11.5 Å². The zero-order valence-electron chi connectivity index (χ0n) is 19.7. The van der Waals surface area contributed by atoms with Gasteiger partial charge in [0, 0.05) is 18.5 Å². The fourth-order valence-corrected chi connectivity index (χ4v) is 5.98. The van der Waals surface area contributed by atoms with Crippen LogP contribution in [0, 0.1) is 0 Å². The van der Waals surface area contributed by atoms with E-state index in [0.717, 1.165) is 38.2 Å². The molecular weight excluding hydrogens is 490 g/mol. The fourth-order valence-electron chi connectivity index (χ4n) is 4.67. The molecule has 1 aliphatic rings. The second-order valence-corrected chi connectivity index (χ2v) is 9.70. The summed E-state index contributed by atoms with van der Waals surface area (Å²) in [6, 6.07) is 23.6. The molecule has 2 aromatic carbocycles. The highest BCUT2D eigenvalue weighted by Gasteiger charge is 2.43. The van der Waals surface area contributed by atoms with E-state index in [0.29, 0.717) is 10.9 Å². The smallest absolute Gasteiger partial charge is 0.194 e. The Balaban J connectivity index is 1.54. The maximum Gasteiger partial charge on any atom is 0.194 e. The molecule has 0 radical (unpaired) electrons. The number of hydrogen-bond acceptors (Lipinski definition) is 6. The van der Waals surface area contributed by atoms with Crippen LogP contribution >= 0.6 is 23.6 Å². The molecule has 0 unspecified atom stereocenters. The molecule has 0 amide bonds. The van der Waals surface area contributed by atoms with E-state index in [1.165, 1.54) is 0 Å². The van der Waals surface area contributed by atoms with Gasteiger partial charge in [-0.05, 0) is 60.7 Å². The summed E-state index contributed by atoms with van der Waals surface area (Å²) in [5.74, 6) is 1.42. The summed E-state index contributed by atoms with van der Waals surface area (Å²) >= 11 is 7.57. The molecule has 0 bridgehead atoms. The lowest BCUT2D eigenvalue weighted by atomic mass is 10.0. The van der Waals surface area contributed by atoms with Gasteiger partial charge >= 0.3 is 0 Å². The molecule has 9 heteroatoms. The first-order valence-corrected chi connectivity index (χ1v) is 12.7. The summed E-state index contributed by atoms with van der Waals surface area (Å²) in [5, 5.41) is 5.00. The highest BCUT2D eigenvalue weighted by atomic mass is 32.1. The van der Waals surface area contributed by atoms with Gasteiger partial charge in [0.2, 0.25) is 0 Å². The van der Waals surface area contributed by atoms with Crippen molar-refractivity contribution in [3.05, 3.63) is 96.6 Å². The standard InChI is InChI=1S/C27H23N5O2S2/c1-33-17-12-13-22(34-2)21(16-17)32-25(24(30-26(32)35)19-9-5-6-14-28-19)20-10-7-15-31(20)27-29-18-8-3-4-11-23(18)36-27/h3-16,24-25H,1-2H3,(H,30,35)/t24-,25-/m0/s1. The largest absolute Gasteiger partial charge is 0.497 e. The van der Waals surface area contributed by atoms with Crippen molar-refractivity contribution in [3.63, 3.8) is 0 Å². The third-order valence-electron chi connectivity index (χ3n) is 6.32. The van der Waals surface area contributed by atoms with Crippen molar-refractivity contribution in [3.8, 4) is 16.6 Å². The minimum Gasteiger partial charge on any atom is -0.497 e. The van der Waals surface area contributed by atoms with Gasteiger partial charge in [-0.15, -0.1) is 0 Å². The highest BCUT2D eigenvalue weighted by Crippen LogP contribution is 2.46. The van der Waals surface area contributed by atoms with Crippen LogP contribution in [0.15, 0.2) is 85.2 Å². The van der Waals surface area contributed by atoms with Gasteiger partial charge in [-0.25, -0.2) is 4.98 Å². The van der Waals surface area contributed by atoms with E-state index >= 15 is 0 Å². The Kier molecular flexibility index (Phi) is 5.79. The monoisotopic (exact) mass is 513 g/mol. The number of pyridine rings is 1. The number of ether oxygens (including phenoxy) is 2. The number of rotatable bonds is 6. The van der Waals surface area contributed by atoms with Gasteiger partial charge in [-0.2, -0.15) is 0 Å². The summed E-state index contributed by atoms with van der Waals surface area (Å²) in [6.45, 7) is 0. The van der Waals surface area contributed by atoms with Gasteiger partial charge < -0.3 is 19.7 Å². The molecule has 0 aliphatic carbocycles. The number of para-hydroxylation sites is 1. The molecule has 1 saturated heterocycles. The minimum absolute atomic E-state index is 0.197. The highest BCUT2D eigenvalue weighted by molar-refractivity contribution is 7.80. The van der Waals surface area contributed by atoms with Crippen molar-refractivity contribution in [2.45, 2.75) is 12.1 Å². The van der Waals surface area contributed by atoms with Gasteiger partial charge in [0.15, 0.2) is 10.2 Å². The average Bonchev–Trinajstić information content (AvgIpc) is 3.65. The van der Waals surface area contributed by atoms with Gasteiger partial charge in [0.05, 0.1) is 47.6 Å². The van der Waals surface area contributed by atoms with E-state index in [1.807, 2.05) is 66.9 Å². The van der Waals surface area contributed by atoms with E-state index in [4.69, 9.17) is 26.7 Å². The Morgan fingerprint density at radius 3 is 2.61 bits per heavy atom. The lowest BCUT2D eigenvalue weighted by Crippen LogP contribution is -2.30. The van der Waals surface area contributed by atoms with Crippen LogP contribution in [0.4, 0.5) is 5.69 Å². The molecule has 3 aromatic heterocycles. The van der Waals surface area contributed by atoms with E-state index in [2.05, 4.69) is 31.9 Å². The molecule has 4 heterocycles. The van der Waals surface area contributed by atoms with Crippen molar-refractivity contribution < 1.29 is 9.47 Å². The number of fused-ring (bicyclic) bond motifs is 1. The molecule has 0 saturated carbocycles. The first-order valence-electron chi connectivity index (χ1n) is 11.4. The fraction of sp³-hybridized carbons (Fsp3) is 0.148. The normalized spacial score (nSPS) is 17.4. The predicted octanol–water partition coefficient (Wildman–Crippen LogP) is 5.68. The van der Waals surface area contributed by atoms with Crippen LogP contribution < -0.4 is 19.7 Å². The zero-order valence-corrected chi connectivity index (χ0v) is 21.3. The lowest BCUT2D eigenvalue weighted by Gasteiger charge is -2.29. The molecule has 180 valence electrons. The summed E-state index contributed by atoms with van der Waals surface area (Å²) in [7, 11) is 3.31. The van der Waals surface area contributed by atoms with Gasteiger partial charge in [0.25, 0.3) is 0 Å². The number of benzene rings is 2. The van der Waals surface area contributed by atoms with Crippen molar-refractivity contribution in [2.75, 3.05) is 19.1 Å². The maximum atomic E-state index is 5.92. The topological polar surface area (TPSA) is 64.4 Å². The average molecular weight is 514 g/mol. The van der Waals surface area contributed by atoms with E-state index < -0.39 is 0 Å². The van der Waals surface area contributed by atoms with Crippen LogP contribution in [0.1, 0.15) is 23.5 Å². The first-order chi connectivity index (χ1) is 17.7. The Labute approximate surface area is 217 Å². The first kappa shape index (κ1) is 22.5. The summed E-state index contributed by atoms with van der Waals surface area (Å²) in [5.41, 5.74) is 3.72. The SMILES string of the molecule is COc1ccc(OC)c(N2C(=S)N[C@@H](c3ccccn3)[C@@H]2c2cccn2-c2nc3ccccc3s2)c1. The quantitative estimate of drug-likeness (QED) is 0.293. The molecule has 1 aliphatic heterocycles. The van der Waals surface area contributed by atoms with Crippen molar-refractivity contribution in [1.82, 2.24) is 19.9 Å². The number of hydrogen-bond donors (Lipinski definition) is 1. The Bertz CT molecular complexity index is 1520. The van der Waals surface area contributed by atoms with Crippen molar-refractivity contribution >= 4 is 44.6 Å². The Morgan fingerprint density at radius 1 is 0.972 bits per heavy atom. The Hall–Kier alpha value is -3.95. The summed E-state index contributed by atoms with van der Waals surface area (Å²) in [4.78, 5) is 11.7. The van der Waals surface area contributed by atoms with E-state index in [1.54, 1.807) is 31.8 Å². The van der Waals surface area contributed by atoms with Gasteiger partial charge in [-0.1, -0.05) is 29.5 Å². The number of aromatic nitrogens is 3. The third-order valence-corrected chi connectivity index (χ3v) is 7.67. The van der Waals surface area contributed by atoms with Crippen LogP contribution in [0.3, 0.4) is 0 Å². The van der Waals surface area contributed by atoms with Crippen LogP contribution in [-0.4, -0.2) is 33.9 Å². The zero-order chi connectivity index (χ0) is 24.6. The molecular formula is C27H23N5O2S2. The predicted molar refractivity (Wildman–Crippen MR) is 146 cm³/mol. The molecule has 7 nitrogen and oxygen atoms in total. The number of methoxy groups -OCH3 is 2.